The van der Waals surface area contributed by atoms with Gasteiger partial charge >= 0.3 is 5.97 Å². The molecule has 1 atom stereocenters. The predicted molar refractivity (Wildman–Crippen MR) is 76.7 cm³/mol. The third-order valence-electron chi connectivity index (χ3n) is 2.95. The lowest BCUT2D eigenvalue weighted by atomic mass is 10.1. The Labute approximate surface area is 122 Å². The number of nitrogens with one attached hydrogen (secondary N) is 1. The summed E-state index contributed by atoms with van der Waals surface area (Å²) in [6, 6.07) is 12.6. The lowest BCUT2D eigenvalue weighted by Gasteiger charge is -2.14. The molecule has 1 aromatic carbocycles. The van der Waals surface area contributed by atoms with Crippen LogP contribution in [0.4, 0.5) is 0 Å². The summed E-state index contributed by atoms with van der Waals surface area (Å²) in [5.74, 6) is -0.297. The van der Waals surface area contributed by atoms with Crippen LogP contribution in [0.15, 0.2) is 46.9 Å². The molecule has 1 N–H and O–H groups in total. The maximum atomic E-state index is 11.7. The molecule has 1 unspecified atom stereocenters. The van der Waals surface area contributed by atoms with Gasteiger partial charge < -0.3 is 14.5 Å². The number of esters is 1. The molecule has 0 aliphatic heterocycles. The highest BCUT2D eigenvalue weighted by molar-refractivity contribution is 5.88. The van der Waals surface area contributed by atoms with Gasteiger partial charge in [0, 0.05) is 0 Å². The molecule has 1 heterocycles. The molecular weight excluding hydrogens is 270 g/mol. The Morgan fingerprint density at radius 1 is 1.19 bits per heavy atom. The average Bonchev–Trinajstić information content (AvgIpc) is 2.92. The largest absolute Gasteiger partial charge is 0.454 e. The van der Waals surface area contributed by atoms with Crippen LogP contribution in [0, 0.1) is 6.92 Å². The first-order chi connectivity index (χ1) is 10.1. The van der Waals surface area contributed by atoms with E-state index in [1.54, 1.807) is 13.0 Å². The molecule has 0 radical (unpaired) electrons. The van der Waals surface area contributed by atoms with Crippen LogP contribution >= 0.6 is 0 Å². The fraction of sp³-hybridized carbons (Fsp3) is 0.250. The number of hydrogen-bond acceptors (Lipinski definition) is 4. The number of benzene rings is 1. The van der Waals surface area contributed by atoms with E-state index >= 15 is 0 Å². The highest BCUT2D eigenvalue weighted by Gasteiger charge is 2.15. The van der Waals surface area contributed by atoms with Crippen LogP contribution in [0.5, 0.6) is 0 Å². The van der Waals surface area contributed by atoms with Crippen molar-refractivity contribution in [2.24, 2.45) is 0 Å². The van der Waals surface area contributed by atoms with Gasteiger partial charge in [-0.2, -0.15) is 0 Å². The molecule has 5 heteroatoms. The van der Waals surface area contributed by atoms with Crippen molar-refractivity contribution < 1.29 is 18.7 Å². The molecule has 2 aromatic rings. The molecule has 0 saturated carbocycles. The van der Waals surface area contributed by atoms with E-state index in [4.69, 9.17) is 9.15 Å². The van der Waals surface area contributed by atoms with E-state index in [-0.39, 0.29) is 24.3 Å². The molecule has 1 amide bonds. The summed E-state index contributed by atoms with van der Waals surface area (Å²) < 4.78 is 10.0. The normalized spacial score (nSPS) is 11.7. The SMILES string of the molecule is Cc1ccc(C(=O)OCC(=O)NC(C)c2ccccc2)o1. The molecule has 0 bridgehead atoms. The topological polar surface area (TPSA) is 68.5 Å². The Morgan fingerprint density at radius 2 is 1.90 bits per heavy atom. The highest BCUT2D eigenvalue weighted by Crippen LogP contribution is 2.11. The molecule has 0 spiro atoms. The number of ether oxygens (including phenoxy) is 1. The van der Waals surface area contributed by atoms with Gasteiger partial charge in [0.2, 0.25) is 5.76 Å². The third kappa shape index (κ3) is 4.21. The minimum absolute atomic E-state index is 0.0939. The first-order valence-electron chi connectivity index (χ1n) is 6.64. The molecule has 0 fully saturated rings. The maximum Gasteiger partial charge on any atom is 0.374 e. The van der Waals surface area contributed by atoms with Gasteiger partial charge in [-0.05, 0) is 31.5 Å². The second-order valence-electron chi connectivity index (χ2n) is 4.69. The molecule has 0 aliphatic carbocycles. The van der Waals surface area contributed by atoms with Crippen molar-refractivity contribution in [3.05, 3.63) is 59.5 Å². The highest BCUT2D eigenvalue weighted by atomic mass is 16.5. The van der Waals surface area contributed by atoms with Crippen molar-refractivity contribution in [1.29, 1.82) is 0 Å². The van der Waals surface area contributed by atoms with Crippen molar-refractivity contribution in [2.45, 2.75) is 19.9 Å². The van der Waals surface area contributed by atoms with Crippen molar-refractivity contribution in [3.8, 4) is 0 Å². The van der Waals surface area contributed by atoms with Crippen LogP contribution in [-0.2, 0) is 9.53 Å². The Kier molecular flexibility index (Phi) is 4.77. The number of aryl methyl sites for hydroxylation is 1. The number of rotatable bonds is 5. The van der Waals surface area contributed by atoms with E-state index < -0.39 is 5.97 Å². The van der Waals surface area contributed by atoms with Crippen LogP contribution in [0.2, 0.25) is 0 Å². The van der Waals surface area contributed by atoms with Crippen molar-refractivity contribution in [3.63, 3.8) is 0 Å². The molecular formula is C16H17NO4. The minimum atomic E-state index is -0.648. The summed E-state index contributed by atoms with van der Waals surface area (Å²) in [5.41, 5.74) is 0.985. The number of carbonyl (C=O) groups is 2. The van der Waals surface area contributed by atoms with Crippen LogP contribution in [0.3, 0.4) is 0 Å². The van der Waals surface area contributed by atoms with Gasteiger partial charge in [0.15, 0.2) is 6.61 Å². The Hall–Kier alpha value is -2.56. The van der Waals surface area contributed by atoms with E-state index in [1.807, 2.05) is 37.3 Å². The number of hydrogen-bond donors (Lipinski definition) is 1. The monoisotopic (exact) mass is 287 g/mol. The summed E-state index contributed by atoms with van der Waals surface area (Å²) >= 11 is 0. The van der Waals surface area contributed by atoms with Gasteiger partial charge in [-0.25, -0.2) is 4.79 Å². The lowest BCUT2D eigenvalue weighted by molar-refractivity contribution is -0.124. The number of furan rings is 1. The minimum Gasteiger partial charge on any atom is -0.454 e. The van der Waals surface area contributed by atoms with Crippen molar-refractivity contribution in [2.75, 3.05) is 6.61 Å². The molecule has 1 aromatic heterocycles. The summed E-state index contributed by atoms with van der Waals surface area (Å²) in [5, 5.41) is 2.76. The fourth-order valence-corrected chi connectivity index (χ4v) is 1.85. The summed E-state index contributed by atoms with van der Waals surface area (Å²) in [4.78, 5) is 23.4. The summed E-state index contributed by atoms with van der Waals surface area (Å²) in [6.45, 7) is 3.26. The third-order valence-corrected chi connectivity index (χ3v) is 2.95. The molecule has 2 rings (SSSR count). The van der Waals surface area contributed by atoms with Gasteiger partial charge in [0.1, 0.15) is 5.76 Å². The van der Waals surface area contributed by atoms with Crippen LogP contribution < -0.4 is 5.32 Å². The van der Waals surface area contributed by atoms with Crippen molar-refractivity contribution >= 4 is 11.9 Å². The first-order valence-corrected chi connectivity index (χ1v) is 6.64. The zero-order chi connectivity index (χ0) is 15.2. The predicted octanol–water partition coefficient (Wildman–Crippen LogP) is 2.62. The first kappa shape index (κ1) is 14.8. The van der Waals surface area contributed by atoms with Crippen LogP contribution in [0.1, 0.15) is 34.8 Å². The number of carbonyl (C=O) groups excluding carboxylic acids is 2. The van der Waals surface area contributed by atoms with Crippen LogP contribution in [0.25, 0.3) is 0 Å². The smallest absolute Gasteiger partial charge is 0.374 e. The zero-order valence-electron chi connectivity index (χ0n) is 12.0. The molecule has 5 nitrogen and oxygen atoms in total. The van der Waals surface area contributed by atoms with Gasteiger partial charge in [-0.15, -0.1) is 0 Å². The summed E-state index contributed by atoms with van der Waals surface area (Å²) in [6.07, 6.45) is 0. The Bertz CT molecular complexity index is 618. The molecule has 110 valence electrons. The van der Waals surface area contributed by atoms with E-state index in [9.17, 15) is 9.59 Å². The van der Waals surface area contributed by atoms with E-state index in [0.29, 0.717) is 5.76 Å². The van der Waals surface area contributed by atoms with Crippen molar-refractivity contribution in [1.82, 2.24) is 5.32 Å². The zero-order valence-corrected chi connectivity index (χ0v) is 12.0. The number of amides is 1. The van der Waals surface area contributed by atoms with E-state index in [1.165, 1.54) is 6.07 Å². The fourth-order valence-electron chi connectivity index (χ4n) is 1.85. The summed E-state index contributed by atoms with van der Waals surface area (Å²) in [7, 11) is 0. The maximum absolute atomic E-state index is 11.7. The molecule has 21 heavy (non-hydrogen) atoms. The average molecular weight is 287 g/mol. The second-order valence-corrected chi connectivity index (χ2v) is 4.69. The quantitative estimate of drug-likeness (QED) is 0.858. The van der Waals surface area contributed by atoms with Gasteiger partial charge in [-0.3, -0.25) is 4.79 Å². The van der Waals surface area contributed by atoms with Gasteiger partial charge in [-0.1, -0.05) is 30.3 Å². The van der Waals surface area contributed by atoms with Gasteiger partial charge in [0.25, 0.3) is 5.91 Å². The second kappa shape index (κ2) is 6.74. The lowest BCUT2D eigenvalue weighted by Crippen LogP contribution is -2.31. The standard InChI is InChI=1S/C16H17NO4/c1-11-8-9-14(21-11)16(19)20-10-15(18)17-12(2)13-6-4-3-5-7-13/h3-9,12H,10H2,1-2H3,(H,17,18). The Balaban J connectivity index is 1.81. The van der Waals surface area contributed by atoms with Gasteiger partial charge in [0.05, 0.1) is 6.04 Å². The molecule has 0 aliphatic rings. The van der Waals surface area contributed by atoms with Crippen LogP contribution in [-0.4, -0.2) is 18.5 Å². The van der Waals surface area contributed by atoms with E-state index in [0.717, 1.165) is 5.56 Å². The molecule has 0 saturated heterocycles. The van der Waals surface area contributed by atoms with E-state index in [2.05, 4.69) is 5.32 Å². The Morgan fingerprint density at radius 3 is 2.52 bits per heavy atom.